The topological polar surface area (TPSA) is 26.0 Å². The highest BCUT2D eigenvalue weighted by Crippen LogP contribution is 2.30. The molecule has 0 aromatic heterocycles. The summed E-state index contributed by atoms with van der Waals surface area (Å²) in [6.07, 6.45) is 0. The maximum Gasteiger partial charge on any atom is 0.0455 e. The van der Waals surface area contributed by atoms with Gasteiger partial charge >= 0.3 is 0 Å². The summed E-state index contributed by atoms with van der Waals surface area (Å²) in [5, 5.41) is 1.31. The number of rotatable bonds is 4. The molecule has 100 valence electrons. The largest absolute Gasteiger partial charge is 0.323 e. The van der Waals surface area contributed by atoms with Gasteiger partial charge in [-0.2, -0.15) is 0 Å². The van der Waals surface area contributed by atoms with Gasteiger partial charge in [-0.3, -0.25) is 0 Å². The zero-order valence-corrected chi connectivity index (χ0v) is 13.9. The van der Waals surface area contributed by atoms with Crippen LogP contribution in [-0.2, 0) is 0 Å². The molecule has 0 spiro atoms. The van der Waals surface area contributed by atoms with Crippen LogP contribution in [0.25, 0.3) is 0 Å². The van der Waals surface area contributed by atoms with Crippen molar-refractivity contribution >= 4 is 50.9 Å². The summed E-state index contributed by atoms with van der Waals surface area (Å²) in [5.74, 6) is 0.747. The van der Waals surface area contributed by atoms with E-state index in [4.69, 9.17) is 28.9 Å². The van der Waals surface area contributed by atoms with E-state index in [1.165, 1.54) is 4.90 Å². The van der Waals surface area contributed by atoms with E-state index >= 15 is 0 Å². The quantitative estimate of drug-likeness (QED) is 0.708. The van der Waals surface area contributed by atoms with Gasteiger partial charge < -0.3 is 5.73 Å². The van der Waals surface area contributed by atoms with E-state index < -0.39 is 0 Å². The molecule has 2 rings (SSSR count). The molecule has 0 heterocycles. The first-order chi connectivity index (χ1) is 9.06. The van der Waals surface area contributed by atoms with Crippen molar-refractivity contribution in [3.8, 4) is 0 Å². The van der Waals surface area contributed by atoms with Gasteiger partial charge in [0.1, 0.15) is 0 Å². The molecule has 0 fully saturated rings. The first-order valence-electron chi connectivity index (χ1n) is 5.65. The van der Waals surface area contributed by atoms with Crippen molar-refractivity contribution in [2.45, 2.75) is 10.9 Å². The summed E-state index contributed by atoms with van der Waals surface area (Å²) < 4.78 is 1.06. The number of halogens is 3. The van der Waals surface area contributed by atoms with Crippen molar-refractivity contribution in [2.75, 3.05) is 5.75 Å². The predicted octanol–water partition coefficient (Wildman–Crippen LogP) is 5.55. The average Bonchev–Trinajstić information content (AvgIpc) is 2.39. The zero-order valence-electron chi connectivity index (χ0n) is 9.95. The predicted molar refractivity (Wildman–Crippen MR) is 88.3 cm³/mol. The van der Waals surface area contributed by atoms with E-state index in [-0.39, 0.29) is 6.04 Å². The molecule has 19 heavy (non-hydrogen) atoms. The van der Waals surface area contributed by atoms with Gasteiger partial charge in [-0.1, -0.05) is 45.2 Å². The Balaban J connectivity index is 2.05. The molecular weight excluding hydrogens is 365 g/mol. The first kappa shape index (κ1) is 15.2. The van der Waals surface area contributed by atoms with Crippen LogP contribution < -0.4 is 5.73 Å². The van der Waals surface area contributed by atoms with E-state index in [1.54, 1.807) is 23.9 Å². The van der Waals surface area contributed by atoms with Gasteiger partial charge in [0.15, 0.2) is 0 Å². The van der Waals surface area contributed by atoms with Crippen LogP contribution in [0.15, 0.2) is 51.8 Å². The Hall–Kier alpha value is -0.190. The van der Waals surface area contributed by atoms with Gasteiger partial charge in [0.05, 0.1) is 0 Å². The van der Waals surface area contributed by atoms with Crippen molar-refractivity contribution in [3.05, 3.63) is 62.5 Å². The van der Waals surface area contributed by atoms with E-state index in [0.717, 1.165) is 15.8 Å². The second-order valence-corrected chi connectivity index (χ2v) is 6.89. The van der Waals surface area contributed by atoms with Crippen molar-refractivity contribution in [1.82, 2.24) is 0 Å². The SMILES string of the molecule is NC(CSc1cccc(Br)c1)c1cc(Cl)ccc1Cl. The van der Waals surface area contributed by atoms with Crippen LogP contribution in [0.2, 0.25) is 10.0 Å². The Labute approximate surface area is 135 Å². The van der Waals surface area contributed by atoms with Crippen molar-refractivity contribution in [2.24, 2.45) is 5.73 Å². The Morgan fingerprint density at radius 3 is 2.68 bits per heavy atom. The summed E-state index contributed by atoms with van der Waals surface area (Å²) in [4.78, 5) is 1.17. The summed E-state index contributed by atoms with van der Waals surface area (Å²) in [6, 6.07) is 13.4. The lowest BCUT2D eigenvalue weighted by Crippen LogP contribution is -2.13. The van der Waals surface area contributed by atoms with E-state index in [9.17, 15) is 0 Å². The number of hydrogen-bond donors (Lipinski definition) is 1. The van der Waals surface area contributed by atoms with Gasteiger partial charge in [0.25, 0.3) is 0 Å². The smallest absolute Gasteiger partial charge is 0.0455 e. The number of nitrogens with two attached hydrogens (primary N) is 1. The second kappa shape index (κ2) is 7.00. The summed E-state index contributed by atoms with van der Waals surface area (Å²) in [7, 11) is 0. The molecular formula is C14H12BrCl2NS. The molecule has 0 radical (unpaired) electrons. The van der Waals surface area contributed by atoms with Crippen LogP contribution in [0.1, 0.15) is 11.6 Å². The lowest BCUT2D eigenvalue weighted by molar-refractivity contribution is 0.831. The van der Waals surface area contributed by atoms with Crippen LogP contribution in [0.4, 0.5) is 0 Å². The zero-order chi connectivity index (χ0) is 13.8. The standard InChI is InChI=1S/C14H12BrCl2NS/c15-9-2-1-3-11(6-9)19-8-14(18)12-7-10(16)4-5-13(12)17/h1-7,14H,8,18H2. The Morgan fingerprint density at radius 2 is 1.95 bits per heavy atom. The normalized spacial score (nSPS) is 12.4. The number of thioether (sulfide) groups is 1. The van der Waals surface area contributed by atoms with Gasteiger partial charge in [-0.15, -0.1) is 11.8 Å². The van der Waals surface area contributed by atoms with Crippen LogP contribution in [-0.4, -0.2) is 5.75 Å². The Morgan fingerprint density at radius 1 is 1.16 bits per heavy atom. The van der Waals surface area contributed by atoms with E-state index in [1.807, 2.05) is 18.2 Å². The van der Waals surface area contributed by atoms with Crippen LogP contribution in [0.5, 0.6) is 0 Å². The minimum atomic E-state index is -0.143. The van der Waals surface area contributed by atoms with E-state index in [2.05, 4.69) is 28.1 Å². The maximum atomic E-state index is 6.17. The van der Waals surface area contributed by atoms with Gasteiger partial charge in [-0.25, -0.2) is 0 Å². The van der Waals surface area contributed by atoms with Gasteiger partial charge in [0.2, 0.25) is 0 Å². The molecule has 2 aromatic rings. The molecule has 0 aliphatic heterocycles. The molecule has 1 atom stereocenters. The molecule has 0 saturated carbocycles. The second-order valence-electron chi connectivity index (χ2n) is 4.04. The fraction of sp³-hybridized carbons (Fsp3) is 0.143. The van der Waals surface area contributed by atoms with Crippen LogP contribution in [0.3, 0.4) is 0 Å². The Kier molecular flexibility index (Phi) is 5.60. The minimum Gasteiger partial charge on any atom is -0.323 e. The van der Waals surface area contributed by atoms with Crippen LogP contribution in [0, 0.1) is 0 Å². The molecule has 0 bridgehead atoms. The molecule has 5 heteroatoms. The van der Waals surface area contributed by atoms with Gasteiger partial charge in [-0.05, 0) is 42.0 Å². The third-order valence-corrected chi connectivity index (χ3v) is 4.77. The lowest BCUT2D eigenvalue weighted by atomic mass is 10.1. The molecule has 0 aliphatic carbocycles. The fourth-order valence-electron chi connectivity index (χ4n) is 1.63. The van der Waals surface area contributed by atoms with Crippen molar-refractivity contribution < 1.29 is 0 Å². The highest BCUT2D eigenvalue weighted by atomic mass is 79.9. The van der Waals surface area contributed by atoms with Gasteiger partial charge in [0, 0.05) is 31.2 Å². The lowest BCUT2D eigenvalue weighted by Gasteiger charge is -2.14. The fourth-order valence-corrected chi connectivity index (χ4v) is 3.56. The van der Waals surface area contributed by atoms with E-state index in [0.29, 0.717) is 10.0 Å². The third-order valence-electron chi connectivity index (χ3n) is 2.58. The summed E-state index contributed by atoms with van der Waals surface area (Å²) in [5.41, 5.74) is 7.06. The molecule has 0 saturated heterocycles. The molecule has 2 aromatic carbocycles. The monoisotopic (exact) mass is 375 g/mol. The molecule has 2 N–H and O–H groups in total. The van der Waals surface area contributed by atoms with Crippen molar-refractivity contribution in [3.63, 3.8) is 0 Å². The average molecular weight is 377 g/mol. The number of benzene rings is 2. The first-order valence-corrected chi connectivity index (χ1v) is 8.18. The molecule has 1 nitrogen and oxygen atoms in total. The maximum absolute atomic E-state index is 6.17. The summed E-state index contributed by atoms with van der Waals surface area (Å²) in [6.45, 7) is 0. The van der Waals surface area contributed by atoms with Crippen LogP contribution >= 0.6 is 50.9 Å². The third kappa shape index (κ3) is 4.40. The number of hydrogen-bond acceptors (Lipinski definition) is 2. The Bertz CT molecular complexity index is 577. The highest BCUT2D eigenvalue weighted by Gasteiger charge is 2.11. The molecule has 1 unspecified atom stereocenters. The van der Waals surface area contributed by atoms with Crippen molar-refractivity contribution in [1.29, 1.82) is 0 Å². The minimum absolute atomic E-state index is 0.143. The highest BCUT2D eigenvalue weighted by molar-refractivity contribution is 9.10. The molecule has 0 aliphatic rings. The molecule has 0 amide bonds. The summed E-state index contributed by atoms with van der Waals surface area (Å²) >= 11 is 17.3.